The number of allylic oxidation sites excluding steroid dienone is 1. The normalized spacial score (nSPS) is 13.3. The maximum Gasteiger partial charge on any atom is 0.131 e. The first-order valence-electron chi connectivity index (χ1n) is 6.70. The molecule has 0 aliphatic heterocycles. The zero-order valence-electron chi connectivity index (χ0n) is 12.2. The lowest BCUT2D eigenvalue weighted by atomic mass is 9.96. The Labute approximate surface area is 119 Å². The van der Waals surface area contributed by atoms with Crippen molar-refractivity contribution in [3.63, 3.8) is 0 Å². The van der Waals surface area contributed by atoms with Gasteiger partial charge in [0.1, 0.15) is 5.82 Å². The highest BCUT2D eigenvalue weighted by molar-refractivity contribution is 5.67. The lowest BCUT2D eigenvalue weighted by molar-refractivity contribution is 0.621. The van der Waals surface area contributed by atoms with Crippen molar-refractivity contribution in [3.8, 4) is 0 Å². The van der Waals surface area contributed by atoms with E-state index in [2.05, 4.69) is 6.58 Å². The summed E-state index contributed by atoms with van der Waals surface area (Å²) in [7, 11) is 0. The van der Waals surface area contributed by atoms with Crippen LogP contribution in [0, 0.1) is 19.7 Å². The third-order valence-electron chi connectivity index (χ3n) is 3.47. The zero-order valence-corrected chi connectivity index (χ0v) is 12.2. The minimum Gasteiger partial charge on any atom is -0.206 e. The third-order valence-corrected chi connectivity index (χ3v) is 3.47. The maximum absolute atomic E-state index is 14.3. The summed E-state index contributed by atoms with van der Waals surface area (Å²) in [6.45, 7) is 9.57. The van der Waals surface area contributed by atoms with Crippen LogP contribution in [0.3, 0.4) is 0 Å². The van der Waals surface area contributed by atoms with Gasteiger partial charge < -0.3 is 0 Å². The monoisotopic (exact) mass is 266 g/mol. The highest BCUT2D eigenvalue weighted by Gasteiger charge is 2.09. The quantitative estimate of drug-likeness (QED) is 0.778. The van der Waals surface area contributed by atoms with Gasteiger partial charge in [-0.1, -0.05) is 49.1 Å². The third kappa shape index (κ3) is 2.72. The van der Waals surface area contributed by atoms with Crippen LogP contribution < -0.4 is 10.4 Å². The predicted molar refractivity (Wildman–Crippen MR) is 84.4 cm³/mol. The number of aryl methyl sites for hydroxylation is 2. The minimum atomic E-state index is -0.159. The number of hydrogen-bond donors (Lipinski definition) is 0. The van der Waals surface area contributed by atoms with Gasteiger partial charge in [-0.05, 0) is 54.0 Å². The van der Waals surface area contributed by atoms with Crippen molar-refractivity contribution >= 4 is 11.6 Å². The smallest absolute Gasteiger partial charge is 0.131 e. The van der Waals surface area contributed by atoms with Crippen molar-refractivity contribution in [2.75, 3.05) is 0 Å². The van der Waals surface area contributed by atoms with E-state index in [-0.39, 0.29) is 5.82 Å². The van der Waals surface area contributed by atoms with Crippen LogP contribution in [-0.2, 0) is 0 Å². The molecule has 0 N–H and O–H groups in total. The molecule has 0 saturated carbocycles. The fraction of sp³-hybridized carbons (Fsp3) is 0.158. The molecule has 0 saturated heterocycles. The van der Waals surface area contributed by atoms with E-state index in [4.69, 9.17) is 0 Å². The van der Waals surface area contributed by atoms with Crippen LogP contribution >= 0.6 is 0 Å². The standard InChI is InChI=1S/C19H19F/c1-5-8-16-9-6-7-10-17(16)15(4)19-14(3)11-13(2)12-18(19)20/h5-12H,1H2,2-4H3/b16-8-,17-15+. The fourth-order valence-electron chi connectivity index (χ4n) is 2.64. The molecule has 2 aromatic rings. The molecule has 0 aromatic heterocycles. The molecule has 0 nitrogen and oxygen atoms in total. The van der Waals surface area contributed by atoms with Gasteiger partial charge in [0.2, 0.25) is 0 Å². The Morgan fingerprint density at radius 2 is 1.85 bits per heavy atom. The van der Waals surface area contributed by atoms with Gasteiger partial charge >= 0.3 is 0 Å². The molecular formula is C19H19F. The van der Waals surface area contributed by atoms with Crippen LogP contribution in [0.15, 0.2) is 49.1 Å². The van der Waals surface area contributed by atoms with Crippen LogP contribution in [0.25, 0.3) is 11.6 Å². The summed E-state index contributed by atoms with van der Waals surface area (Å²) >= 11 is 0. The summed E-state index contributed by atoms with van der Waals surface area (Å²) in [5.74, 6) is -0.159. The maximum atomic E-state index is 14.3. The highest BCUT2D eigenvalue weighted by Crippen LogP contribution is 2.21. The molecule has 1 heteroatoms. The van der Waals surface area contributed by atoms with E-state index in [0.717, 1.165) is 27.1 Å². The second-order valence-electron chi connectivity index (χ2n) is 5.05. The van der Waals surface area contributed by atoms with E-state index in [1.165, 1.54) is 0 Å². The van der Waals surface area contributed by atoms with Crippen LogP contribution in [-0.4, -0.2) is 0 Å². The van der Waals surface area contributed by atoms with Crippen molar-refractivity contribution in [3.05, 3.63) is 82.0 Å². The Hall–Kier alpha value is -2.15. The molecule has 0 unspecified atom stereocenters. The van der Waals surface area contributed by atoms with Gasteiger partial charge in [0.15, 0.2) is 0 Å². The number of halogens is 1. The Morgan fingerprint density at radius 1 is 1.15 bits per heavy atom. The molecule has 102 valence electrons. The largest absolute Gasteiger partial charge is 0.206 e. The van der Waals surface area contributed by atoms with Crippen molar-refractivity contribution in [1.29, 1.82) is 0 Å². The fourth-order valence-corrected chi connectivity index (χ4v) is 2.64. The molecule has 2 rings (SSSR count). The molecule has 20 heavy (non-hydrogen) atoms. The molecule has 0 radical (unpaired) electrons. The van der Waals surface area contributed by atoms with Gasteiger partial charge in [0.25, 0.3) is 0 Å². The molecule has 0 atom stereocenters. The minimum absolute atomic E-state index is 0.159. The number of rotatable bonds is 2. The average Bonchev–Trinajstić information content (AvgIpc) is 2.38. The van der Waals surface area contributed by atoms with Crippen molar-refractivity contribution in [2.45, 2.75) is 20.8 Å². The number of benzene rings is 2. The van der Waals surface area contributed by atoms with Gasteiger partial charge in [-0.3, -0.25) is 0 Å². The Bertz CT molecular complexity index is 744. The molecule has 0 spiro atoms. The first-order chi connectivity index (χ1) is 9.54. The first kappa shape index (κ1) is 14.3. The van der Waals surface area contributed by atoms with Crippen molar-refractivity contribution in [2.24, 2.45) is 0 Å². The summed E-state index contributed by atoms with van der Waals surface area (Å²) in [6.07, 6.45) is 3.70. The summed E-state index contributed by atoms with van der Waals surface area (Å²) in [5, 5.41) is 2.10. The Morgan fingerprint density at radius 3 is 2.50 bits per heavy atom. The Kier molecular flexibility index (Phi) is 4.19. The first-order valence-corrected chi connectivity index (χ1v) is 6.70. The molecular weight excluding hydrogens is 247 g/mol. The van der Waals surface area contributed by atoms with E-state index < -0.39 is 0 Å². The van der Waals surface area contributed by atoms with E-state index >= 15 is 0 Å². The molecule has 0 bridgehead atoms. The van der Waals surface area contributed by atoms with E-state index in [1.54, 1.807) is 12.1 Å². The van der Waals surface area contributed by atoms with Crippen molar-refractivity contribution < 1.29 is 4.39 Å². The summed E-state index contributed by atoms with van der Waals surface area (Å²) in [5.41, 5.74) is 3.56. The van der Waals surface area contributed by atoms with E-state index in [1.807, 2.05) is 57.2 Å². The van der Waals surface area contributed by atoms with E-state index in [0.29, 0.717) is 5.56 Å². The van der Waals surface area contributed by atoms with Gasteiger partial charge in [0.05, 0.1) is 0 Å². The van der Waals surface area contributed by atoms with Gasteiger partial charge in [-0.2, -0.15) is 0 Å². The zero-order chi connectivity index (χ0) is 14.7. The molecule has 0 heterocycles. The summed E-state index contributed by atoms with van der Waals surface area (Å²) < 4.78 is 14.3. The summed E-state index contributed by atoms with van der Waals surface area (Å²) in [6, 6.07) is 11.6. The van der Waals surface area contributed by atoms with Crippen LogP contribution in [0.1, 0.15) is 23.6 Å². The number of hydrogen-bond acceptors (Lipinski definition) is 0. The van der Waals surface area contributed by atoms with Gasteiger partial charge in [-0.25, -0.2) is 4.39 Å². The van der Waals surface area contributed by atoms with Crippen molar-refractivity contribution in [1.82, 2.24) is 0 Å². The van der Waals surface area contributed by atoms with Gasteiger partial charge in [-0.15, -0.1) is 0 Å². The van der Waals surface area contributed by atoms with Gasteiger partial charge in [0, 0.05) is 5.56 Å². The predicted octanol–water partition coefficient (Wildman–Crippen LogP) is 3.63. The second-order valence-corrected chi connectivity index (χ2v) is 5.05. The topological polar surface area (TPSA) is 0 Å². The lowest BCUT2D eigenvalue weighted by Crippen LogP contribution is -2.26. The molecule has 2 aromatic carbocycles. The molecule has 0 amide bonds. The average molecular weight is 266 g/mol. The molecule has 0 aliphatic rings. The highest BCUT2D eigenvalue weighted by atomic mass is 19.1. The van der Waals surface area contributed by atoms with Crippen LogP contribution in [0.2, 0.25) is 0 Å². The Balaban J connectivity index is 2.87. The molecule has 0 fully saturated rings. The van der Waals surface area contributed by atoms with E-state index in [9.17, 15) is 4.39 Å². The second kappa shape index (κ2) is 5.87. The van der Waals surface area contributed by atoms with Crippen LogP contribution in [0.5, 0.6) is 0 Å². The summed E-state index contributed by atoms with van der Waals surface area (Å²) in [4.78, 5) is 0. The molecule has 0 aliphatic carbocycles. The SMILES string of the molecule is C=C/C=c1/cccc/c1=C(/C)c1c(C)cc(C)cc1F. The van der Waals surface area contributed by atoms with Crippen LogP contribution in [0.4, 0.5) is 4.39 Å². The lowest BCUT2D eigenvalue weighted by Gasteiger charge is -2.10.